The molecule has 5 heteroatoms. The van der Waals surface area contributed by atoms with Crippen molar-refractivity contribution in [2.75, 3.05) is 13.1 Å². The molecule has 0 atom stereocenters. The number of carbonyl (C=O) groups excluding carboxylic acids is 2. The normalized spacial score (nSPS) is 15.2. The van der Waals surface area contributed by atoms with Crippen molar-refractivity contribution in [3.63, 3.8) is 0 Å². The van der Waals surface area contributed by atoms with Gasteiger partial charge in [0.15, 0.2) is 5.78 Å². The van der Waals surface area contributed by atoms with Crippen LogP contribution in [0.3, 0.4) is 0 Å². The van der Waals surface area contributed by atoms with Gasteiger partial charge in [-0.05, 0) is 42.5 Å². The molecule has 0 radical (unpaired) electrons. The van der Waals surface area contributed by atoms with E-state index in [9.17, 15) is 19.1 Å². The van der Waals surface area contributed by atoms with E-state index in [0.717, 1.165) is 12.1 Å². The van der Waals surface area contributed by atoms with Gasteiger partial charge in [-0.25, -0.2) is 4.39 Å². The topological polar surface area (TPSA) is 57.6 Å². The lowest BCUT2D eigenvalue weighted by atomic mass is 9.88. The number of piperidine rings is 1. The summed E-state index contributed by atoms with van der Waals surface area (Å²) in [6.45, 7) is 5.01. The Hall–Kier alpha value is -2.69. The summed E-state index contributed by atoms with van der Waals surface area (Å²) in [6.07, 6.45) is 1.11. The highest BCUT2D eigenvalue weighted by atomic mass is 19.1. The molecule has 0 bridgehead atoms. The molecule has 0 aliphatic carbocycles. The van der Waals surface area contributed by atoms with Gasteiger partial charge in [0.2, 0.25) is 0 Å². The largest absolute Gasteiger partial charge is 0.508 e. The number of ketones is 1. The molecule has 1 fully saturated rings. The van der Waals surface area contributed by atoms with E-state index in [2.05, 4.69) is 13.8 Å². The monoisotopic (exact) mass is 369 g/mol. The molecule has 0 unspecified atom stereocenters. The molecule has 0 aromatic heterocycles. The summed E-state index contributed by atoms with van der Waals surface area (Å²) in [5.74, 6) is -0.860. The van der Waals surface area contributed by atoms with Gasteiger partial charge in [0.05, 0.1) is 5.56 Å². The van der Waals surface area contributed by atoms with Crippen molar-refractivity contribution in [1.29, 1.82) is 0 Å². The highest BCUT2D eigenvalue weighted by molar-refractivity contribution is 5.98. The molecule has 1 saturated heterocycles. The summed E-state index contributed by atoms with van der Waals surface area (Å²) in [5.41, 5.74) is 1.76. The third kappa shape index (κ3) is 4.18. The second-order valence-corrected chi connectivity index (χ2v) is 7.37. The number of carbonyl (C=O) groups is 2. The number of phenols is 1. The van der Waals surface area contributed by atoms with Gasteiger partial charge in [-0.15, -0.1) is 0 Å². The second-order valence-electron chi connectivity index (χ2n) is 7.37. The molecule has 1 amide bonds. The Balaban J connectivity index is 1.63. The standard InChI is InChI=1S/C22H24FNO3/c1-14(2)15-3-5-16(6-4-15)21(26)17-9-11-24(12-10-17)22(27)19-13-18(25)7-8-20(19)23/h3-8,13-14,17,25H,9-12H2,1-2H3. The van der Waals surface area contributed by atoms with Gasteiger partial charge < -0.3 is 10.0 Å². The molecule has 1 aliphatic rings. The van der Waals surface area contributed by atoms with Crippen molar-refractivity contribution in [2.24, 2.45) is 5.92 Å². The van der Waals surface area contributed by atoms with Crippen LogP contribution in [0.2, 0.25) is 0 Å². The van der Waals surface area contributed by atoms with Gasteiger partial charge in [0, 0.05) is 24.6 Å². The van der Waals surface area contributed by atoms with Crippen LogP contribution < -0.4 is 0 Å². The SMILES string of the molecule is CC(C)c1ccc(C(=O)C2CCN(C(=O)c3cc(O)ccc3F)CC2)cc1. The van der Waals surface area contributed by atoms with Gasteiger partial charge in [-0.3, -0.25) is 9.59 Å². The molecule has 0 saturated carbocycles. The molecule has 2 aromatic carbocycles. The lowest BCUT2D eigenvalue weighted by Gasteiger charge is -2.31. The fraction of sp³-hybridized carbons (Fsp3) is 0.364. The number of nitrogens with zero attached hydrogens (tertiary/aromatic N) is 1. The maximum Gasteiger partial charge on any atom is 0.256 e. The van der Waals surface area contributed by atoms with E-state index >= 15 is 0 Å². The van der Waals surface area contributed by atoms with Crippen LogP contribution in [0.4, 0.5) is 4.39 Å². The van der Waals surface area contributed by atoms with E-state index in [1.54, 1.807) is 4.90 Å². The van der Waals surface area contributed by atoms with Gasteiger partial charge in [0.1, 0.15) is 11.6 Å². The Kier molecular flexibility index (Phi) is 5.59. The van der Waals surface area contributed by atoms with Crippen molar-refractivity contribution in [3.8, 4) is 5.75 Å². The average molecular weight is 369 g/mol. The molecule has 1 heterocycles. The third-order valence-corrected chi connectivity index (χ3v) is 5.20. The number of amides is 1. The van der Waals surface area contributed by atoms with E-state index < -0.39 is 11.7 Å². The molecule has 27 heavy (non-hydrogen) atoms. The Morgan fingerprint density at radius 2 is 1.70 bits per heavy atom. The maximum atomic E-state index is 13.9. The summed E-state index contributed by atoms with van der Waals surface area (Å²) < 4.78 is 13.9. The maximum absolute atomic E-state index is 13.9. The van der Waals surface area contributed by atoms with Gasteiger partial charge in [-0.2, -0.15) is 0 Å². The van der Waals surface area contributed by atoms with E-state index in [0.29, 0.717) is 37.4 Å². The molecule has 0 spiro atoms. The Morgan fingerprint density at radius 3 is 2.30 bits per heavy atom. The first-order valence-electron chi connectivity index (χ1n) is 9.28. The molecule has 1 aliphatic heterocycles. The van der Waals surface area contributed by atoms with Crippen LogP contribution in [0.15, 0.2) is 42.5 Å². The number of Topliss-reactive ketones (excluding diaryl/α,β-unsaturated/α-hetero) is 1. The van der Waals surface area contributed by atoms with Crippen molar-refractivity contribution < 1.29 is 19.1 Å². The number of halogens is 1. The highest BCUT2D eigenvalue weighted by Gasteiger charge is 2.29. The third-order valence-electron chi connectivity index (χ3n) is 5.20. The molecular formula is C22H24FNO3. The van der Waals surface area contributed by atoms with Crippen molar-refractivity contribution >= 4 is 11.7 Å². The smallest absolute Gasteiger partial charge is 0.256 e. The Morgan fingerprint density at radius 1 is 1.07 bits per heavy atom. The van der Waals surface area contributed by atoms with Crippen LogP contribution in [0.5, 0.6) is 5.75 Å². The van der Waals surface area contributed by atoms with Crippen LogP contribution in [-0.2, 0) is 0 Å². The van der Waals surface area contributed by atoms with Gasteiger partial charge in [-0.1, -0.05) is 38.1 Å². The first kappa shape index (κ1) is 19.1. The fourth-order valence-corrected chi connectivity index (χ4v) is 3.46. The molecule has 2 aromatic rings. The zero-order valence-corrected chi connectivity index (χ0v) is 15.6. The average Bonchev–Trinajstić information content (AvgIpc) is 2.69. The van der Waals surface area contributed by atoms with Crippen LogP contribution in [0.1, 0.15) is 58.9 Å². The van der Waals surface area contributed by atoms with Crippen LogP contribution >= 0.6 is 0 Å². The van der Waals surface area contributed by atoms with E-state index in [1.165, 1.54) is 11.6 Å². The molecule has 1 N–H and O–H groups in total. The molecule has 4 nitrogen and oxygen atoms in total. The van der Waals surface area contributed by atoms with E-state index in [4.69, 9.17) is 0 Å². The predicted molar refractivity (Wildman–Crippen MR) is 102 cm³/mol. The van der Waals surface area contributed by atoms with Crippen molar-refractivity contribution in [3.05, 3.63) is 65.0 Å². The van der Waals surface area contributed by atoms with Gasteiger partial charge in [0.25, 0.3) is 5.91 Å². The lowest BCUT2D eigenvalue weighted by molar-refractivity contribution is 0.0646. The zero-order chi connectivity index (χ0) is 19.6. The molecular weight excluding hydrogens is 345 g/mol. The molecule has 3 rings (SSSR count). The Labute approximate surface area is 158 Å². The van der Waals surface area contributed by atoms with E-state index in [1.807, 2.05) is 24.3 Å². The highest BCUT2D eigenvalue weighted by Crippen LogP contribution is 2.25. The summed E-state index contributed by atoms with van der Waals surface area (Å²) in [7, 11) is 0. The van der Waals surface area contributed by atoms with Crippen molar-refractivity contribution in [1.82, 2.24) is 4.90 Å². The molecule has 142 valence electrons. The zero-order valence-electron chi connectivity index (χ0n) is 15.6. The number of benzene rings is 2. The minimum atomic E-state index is -0.652. The number of hydrogen-bond donors (Lipinski definition) is 1. The number of rotatable bonds is 4. The quantitative estimate of drug-likeness (QED) is 0.813. The summed E-state index contributed by atoms with van der Waals surface area (Å²) in [5, 5.41) is 9.50. The number of aromatic hydroxyl groups is 1. The number of hydrogen-bond acceptors (Lipinski definition) is 3. The second kappa shape index (κ2) is 7.91. The van der Waals surface area contributed by atoms with Crippen molar-refractivity contribution in [2.45, 2.75) is 32.6 Å². The first-order chi connectivity index (χ1) is 12.9. The first-order valence-corrected chi connectivity index (χ1v) is 9.28. The van der Waals surface area contributed by atoms with Crippen LogP contribution in [0.25, 0.3) is 0 Å². The van der Waals surface area contributed by atoms with Crippen LogP contribution in [-0.4, -0.2) is 34.8 Å². The van der Waals surface area contributed by atoms with Gasteiger partial charge >= 0.3 is 0 Å². The van der Waals surface area contributed by atoms with E-state index in [-0.39, 0.29) is 23.0 Å². The minimum absolute atomic E-state index is 0.0981. The summed E-state index contributed by atoms with van der Waals surface area (Å²) in [4.78, 5) is 26.8. The summed E-state index contributed by atoms with van der Waals surface area (Å²) >= 11 is 0. The lowest BCUT2D eigenvalue weighted by Crippen LogP contribution is -2.40. The van der Waals surface area contributed by atoms with Crippen LogP contribution in [0, 0.1) is 11.7 Å². The predicted octanol–water partition coefficient (Wildman–Crippen LogP) is 4.39. The minimum Gasteiger partial charge on any atom is -0.508 e. The number of likely N-dealkylation sites (tertiary alicyclic amines) is 1. The fourth-order valence-electron chi connectivity index (χ4n) is 3.46. The number of phenolic OH excluding ortho intramolecular Hbond substituents is 1. The Bertz CT molecular complexity index is 837. The summed E-state index contributed by atoms with van der Waals surface area (Å²) in [6, 6.07) is 11.2.